The lowest BCUT2D eigenvalue weighted by Gasteiger charge is -2.14. The molecule has 4 rings (SSSR count). The largest absolute Gasteiger partial charge is 0.349 e. The van der Waals surface area contributed by atoms with E-state index in [-0.39, 0.29) is 18.0 Å². The minimum absolute atomic E-state index is 0.278. The zero-order valence-corrected chi connectivity index (χ0v) is 16.4. The second kappa shape index (κ2) is 8.19. The van der Waals surface area contributed by atoms with E-state index in [2.05, 4.69) is 20.5 Å². The molecule has 9 heteroatoms. The number of carbonyl (C=O) groups is 1. The highest BCUT2D eigenvalue weighted by atomic mass is 32.1. The second-order valence-electron chi connectivity index (χ2n) is 6.33. The van der Waals surface area contributed by atoms with Gasteiger partial charge in [-0.1, -0.05) is 30.3 Å². The minimum Gasteiger partial charge on any atom is -0.349 e. The number of amides is 1. The molecule has 3 aromatic heterocycles. The molecule has 0 saturated carbocycles. The van der Waals surface area contributed by atoms with Gasteiger partial charge in [-0.15, -0.1) is 16.4 Å². The van der Waals surface area contributed by atoms with Gasteiger partial charge in [0.2, 0.25) is 5.91 Å². The van der Waals surface area contributed by atoms with Gasteiger partial charge in [0.1, 0.15) is 11.0 Å². The molecule has 0 aliphatic heterocycles. The zero-order valence-electron chi connectivity index (χ0n) is 15.6. The van der Waals surface area contributed by atoms with Crippen molar-refractivity contribution in [3.8, 4) is 16.4 Å². The summed E-state index contributed by atoms with van der Waals surface area (Å²) < 4.78 is 2.68. The van der Waals surface area contributed by atoms with Gasteiger partial charge in [-0.3, -0.25) is 9.59 Å². The molecule has 8 nitrogen and oxygen atoms in total. The maximum absolute atomic E-state index is 12.6. The molecule has 0 fully saturated rings. The summed E-state index contributed by atoms with van der Waals surface area (Å²) in [7, 11) is 0. The highest BCUT2D eigenvalue weighted by molar-refractivity contribution is 7.13. The predicted octanol–water partition coefficient (Wildman–Crippen LogP) is 2.43. The van der Waals surface area contributed by atoms with E-state index in [1.54, 1.807) is 31.5 Å². The number of nitrogens with one attached hydrogen (secondary N) is 1. The van der Waals surface area contributed by atoms with Crippen LogP contribution >= 0.6 is 11.3 Å². The normalized spacial score (nSPS) is 11.9. The van der Waals surface area contributed by atoms with Crippen molar-refractivity contribution in [1.29, 1.82) is 0 Å². The van der Waals surface area contributed by atoms with Gasteiger partial charge in [-0.05, 0) is 19.1 Å². The van der Waals surface area contributed by atoms with E-state index in [0.717, 1.165) is 20.9 Å². The summed E-state index contributed by atoms with van der Waals surface area (Å²) in [5.74, 6) is 0.146. The first-order valence-corrected chi connectivity index (χ1v) is 9.87. The minimum atomic E-state index is -0.773. The summed E-state index contributed by atoms with van der Waals surface area (Å²) in [6, 6.07) is 13.8. The van der Waals surface area contributed by atoms with Gasteiger partial charge in [-0.2, -0.15) is 5.10 Å². The fraction of sp³-hybridized carbons (Fsp3) is 0.150. The fourth-order valence-electron chi connectivity index (χ4n) is 2.76. The van der Waals surface area contributed by atoms with Crippen molar-refractivity contribution in [2.45, 2.75) is 19.5 Å². The Hall–Kier alpha value is -3.59. The first-order chi connectivity index (χ1) is 14.1. The van der Waals surface area contributed by atoms with E-state index < -0.39 is 6.04 Å². The number of hydrogen-bond donors (Lipinski definition) is 1. The summed E-state index contributed by atoms with van der Waals surface area (Å²) in [4.78, 5) is 29.3. The highest BCUT2D eigenvalue weighted by Gasteiger charge is 2.18. The van der Waals surface area contributed by atoms with E-state index in [9.17, 15) is 9.59 Å². The third-order valence-corrected chi connectivity index (χ3v) is 5.25. The topological polar surface area (TPSA) is 94.7 Å². The summed E-state index contributed by atoms with van der Waals surface area (Å²) >= 11 is 1.52. The Morgan fingerprint density at radius 3 is 2.76 bits per heavy atom. The average Bonchev–Trinajstić information content (AvgIpc) is 3.45. The molecule has 1 aromatic carbocycles. The van der Waals surface area contributed by atoms with Crippen LogP contribution in [0.15, 0.2) is 71.1 Å². The van der Waals surface area contributed by atoms with Crippen LogP contribution in [0, 0.1) is 0 Å². The van der Waals surface area contributed by atoms with E-state index in [1.165, 1.54) is 22.1 Å². The van der Waals surface area contributed by atoms with Gasteiger partial charge < -0.3 is 5.32 Å². The van der Waals surface area contributed by atoms with Gasteiger partial charge >= 0.3 is 0 Å². The second-order valence-corrected chi connectivity index (χ2v) is 7.19. The standard InChI is InChI=1S/C20H18N6O2S/c1-14(26-18(27)9-8-17(24-26)25-11-5-10-22-25)19(28)21-12-16-13-29-20(23-16)15-6-3-2-4-7-15/h2-11,13-14H,12H2,1H3,(H,21,28). The molecule has 0 saturated heterocycles. The van der Waals surface area contributed by atoms with E-state index in [1.807, 2.05) is 35.7 Å². The molecular formula is C20H18N6O2S. The van der Waals surface area contributed by atoms with Gasteiger partial charge in [0, 0.05) is 29.4 Å². The van der Waals surface area contributed by atoms with Crippen molar-refractivity contribution in [3.63, 3.8) is 0 Å². The maximum Gasteiger partial charge on any atom is 0.267 e. The van der Waals surface area contributed by atoms with Crippen molar-refractivity contribution in [2.75, 3.05) is 0 Å². The van der Waals surface area contributed by atoms with Crippen molar-refractivity contribution < 1.29 is 4.79 Å². The number of hydrogen-bond acceptors (Lipinski definition) is 6. The van der Waals surface area contributed by atoms with Crippen LogP contribution in [0.5, 0.6) is 0 Å². The Labute approximate surface area is 170 Å². The summed E-state index contributed by atoms with van der Waals surface area (Å²) in [5, 5.41) is 14.0. The molecule has 0 radical (unpaired) electrons. The molecule has 1 unspecified atom stereocenters. The van der Waals surface area contributed by atoms with Crippen LogP contribution in [0.4, 0.5) is 0 Å². The lowest BCUT2D eigenvalue weighted by Crippen LogP contribution is -2.37. The number of aromatic nitrogens is 5. The zero-order chi connectivity index (χ0) is 20.2. The van der Waals surface area contributed by atoms with Crippen molar-refractivity contribution >= 4 is 17.2 Å². The van der Waals surface area contributed by atoms with Gasteiger partial charge in [0.05, 0.1) is 12.2 Å². The molecule has 4 aromatic rings. The number of carbonyl (C=O) groups excluding carboxylic acids is 1. The molecule has 1 amide bonds. The quantitative estimate of drug-likeness (QED) is 0.531. The SMILES string of the molecule is CC(C(=O)NCc1csc(-c2ccccc2)n1)n1nc(-n2cccn2)ccc1=O. The molecule has 1 N–H and O–H groups in total. The first-order valence-electron chi connectivity index (χ1n) is 8.99. The van der Waals surface area contributed by atoms with Crippen LogP contribution < -0.4 is 10.9 Å². The Kier molecular flexibility index (Phi) is 5.30. The number of nitrogens with zero attached hydrogens (tertiary/aromatic N) is 5. The third kappa shape index (κ3) is 4.14. The Morgan fingerprint density at radius 2 is 2.00 bits per heavy atom. The van der Waals surface area contributed by atoms with Crippen LogP contribution in [0.1, 0.15) is 18.7 Å². The molecule has 3 heterocycles. The van der Waals surface area contributed by atoms with Crippen LogP contribution in [-0.2, 0) is 11.3 Å². The van der Waals surface area contributed by atoms with E-state index >= 15 is 0 Å². The molecule has 1 atom stereocenters. The molecule has 0 aliphatic carbocycles. The smallest absolute Gasteiger partial charge is 0.267 e. The lowest BCUT2D eigenvalue weighted by atomic mass is 10.2. The molecule has 29 heavy (non-hydrogen) atoms. The molecule has 146 valence electrons. The van der Waals surface area contributed by atoms with Crippen LogP contribution in [0.2, 0.25) is 0 Å². The Morgan fingerprint density at radius 1 is 1.17 bits per heavy atom. The average molecular weight is 406 g/mol. The van der Waals surface area contributed by atoms with Crippen molar-refractivity contribution in [3.05, 3.63) is 82.4 Å². The van der Waals surface area contributed by atoms with Gasteiger partial charge in [-0.25, -0.2) is 14.3 Å². The predicted molar refractivity (Wildman–Crippen MR) is 110 cm³/mol. The van der Waals surface area contributed by atoms with Crippen molar-refractivity contribution in [2.24, 2.45) is 0 Å². The highest BCUT2D eigenvalue weighted by Crippen LogP contribution is 2.23. The van der Waals surface area contributed by atoms with Crippen LogP contribution in [0.25, 0.3) is 16.4 Å². The molecule has 0 aliphatic rings. The molecular weight excluding hydrogens is 388 g/mol. The number of rotatable bonds is 6. The first kappa shape index (κ1) is 18.8. The maximum atomic E-state index is 12.6. The van der Waals surface area contributed by atoms with Gasteiger partial charge in [0.25, 0.3) is 5.56 Å². The number of benzene rings is 1. The summed E-state index contributed by atoms with van der Waals surface area (Å²) in [5.41, 5.74) is 1.44. The van der Waals surface area contributed by atoms with Crippen LogP contribution in [-0.4, -0.2) is 30.5 Å². The Bertz CT molecular complexity index is 1170. The molecule has 0 bridgehead atoms. The number of thiazole rings is 1. The van der Waals surface area contributed by atoms with E-state index in [0.29, 0.717) is 5.82 Å². The van der Waals surface area contributed by atoms with Gasteiger partial charge in [0.15, 0.2) is 5.82 Å². The molecule has 0 spiro atoms. The monoisotopic (exact) mass is 406 g/mol. The van der Waals surface area contributed by atoms with Crippen molar-refractivity contribution in [1.82, 2.24) is 29.9 Å². The Balaban J connectivity index is 1.45. The summed E-state index contributed by atoms with van der Waals surface area (Å²) in [6.45, 7) is 1.91. The van der Waals surface area contributed by atoms with E-state index in [4.69, 9.17) is 0 Å². The summed E-state index contributed by atoms with van der Waals surface area (Å²) in [6.07, 6.45) is 3.33. The van der Waals surface area contributed by atoms with Crippen LogP contribution in [0.3, 0.4) is 0 Å². The third-order valence-electron chi connectivity index (χ3n) is 4.31. The fourth-order valence-corrected chi connectivity index (χ4v) is 3.58. The lowest BCUT2D eigenvalue weighted by molar-refractivity contribution is -0.124.